The number of carbonyl (C=O) groups is 1. The second-order valence-corrected chi connectivity index (χ2v) is 7.68. The van der Waals surface area contributed by atoms with Gasteiger partial charge in [0, 0.05) is 10.6 Å². The molecule has 2 rings (SSSR count). The minimum atomic E-state index is -1.82. The summed E-state index contributed by atoms with van der Waals surface area (Å²) >= 11 is 23.7. The van der Waals surface area contributed by atoms with Crippen LogP contribution in [0.5, 0.6) is 0 Å². The van der Waals surface area contributed by atoms with E-state index in [9.17, 15) is 4.79 Å². The number of benzene rings is 2. The minimum Gasteiger partial charge on any atom is -0.310 e. The lowest BCUT2D eigenvalue weighted by Gasteiger charge is -2.20. The third-order valence-corrected chi connectivity index (χ3v) is 4.00. The van der Waals surface area contributed by atoms with Crippen LogP contribution in [0.4, 0.5) is 0 Å². The first-order valence-electron chi connectivity index (χ1n) is 6.85. The monoisotopic (exact) mass is 404 g/mol. The molecule has 0 aromatic heterocycles. The van der Waals surface area contributed by atoms with Crippen molar-refractivity contribution >= 4 is 58.1 Å². The van der Waals surface area contributed by atoms with E-state index < -0.39 is 15.9 Å². The lowest BCUT2D eigenvalue weighted by Crippen LogP contribution is -2.89. The molecule has 4 nitrogen and oxygen atoms in total. The Balaban J connectivity index is 2.23. The molecule has 0 heterocycles. The van der Waals surface area contributed by atoms with Crippen molar-refractivity contribution in [3.63, 3.8) is 0 Å². The maximum atomic E-state index is 12.3. The van der Waals surface area contributed by atoms with Gasteiger partial charge in [0.15, 0.2) is 0 Å². The maximum Gasteiger partial charge on any atom is 0.274 e. The van der Waals surface area contributed by atoms with Gasteiger partial charge in [-0.3, -0.25) is 10.5 Å². The van der Waals surface area contributed by atoms with Crippen molar-refractivity contribution in [2.45, 2.75) is 9.96 Å². The molecule has 0 aliphatic heterocycles. The van der Waals surface area contributed by atoms with Gasteiger partial charge in [-0.1, -0.05) is 64.6 Å². The van der Waals surface area contributed by atoms with E-state index in [1.807, 2.05) is 18.2 Å². The second kappa shape index (κ2) is 8.08. The van der Waals surface area contributed by atoms with Gasteiger partial charge in [-0.25, -0.2) is 4.99 Å². The molecule has 2 aromatic carbocycles. The van der Waals surface area contributed by atoms with Crippen LogP contribution in [0.15, 0.2) is 54.6 Å². The van der Waals surface area contributed by atoms with Gasteiger partial charge in [0.2, 0.25) is 9.96 Å². The lowest BCUT2D eigenvalue weighted by atomic mass is 10.2. The maximum absolute atomic E-state index is 12.3. The van der Waals surface area contributed by atoms with Crippen LogP contribution in [0.2, 0.25) is 5.02 Å². The zero-order chi connectivity index (χ0) is 17.7. The average molecular weight is 406 g/mol. The molecule has 1 amide bonds. The molecule has 0 aliphatic carbocycles. The summed E-state index contributed by atoms with van der Waals surface area (Å²) in [5.74, 6) is -0.167. The lowest BCUT2D eigenvalue weighted by molar-refractivity contribution is -0.507. The zero-order valence-corrected chi connectivity index (χ0v) is 15.3. The Hall–Kier alpha value is -1.46. The molecule has 0 bridgehead atoms. The molecule has 0 unspecified atom stereocenters. The molecule has 0 spiro atoms. The Morgan fingerprint density at radius 3 is 2.12 bits per heavy atom. The van der Waals surface area contributed by atoms with Gasteiger partial charge >= 0.3 is 0 Å². The number of amidine groups is 1. The van der Waals surface area contributed by atoms with Crippen molar-refractivity contribution in [2.75, 3.05) is 0 Å². The summed E-state index contributed by atoms with van der Waals surface area (Å²) in [6, 6.07) is 15.4. The van der Waals surface area contributed by atoms with E-state index in [0.717, 1.165) is 0 Å². The van der Waals surface area contributed by atoms with Crippen molar-refractivity contribution in [3.8, 4) is 0 Å². The van der Waals surface area contributed by atoms with Gasteiger partial charge in [0.05, 0.1) is 5.56 Å². The Labute approximate surface area is 159 Å². The van der Waals surface area contributed by atoms with Gasteiger partial charge in [-0.05, 0) is 36.4 Å². The van der Waals surface area contributed by atoms with Crippen LogP contribution in [0.3, 0.4) is 0 Å². The minimum absolute atomic E-state index is 0.267. The first-order valence-corrected chi connectivity index (χ1v) is 8.36. The van der Waals surface area contributed by atoms with E-state index in [2.05, 4.69) is 10.3 Å². The number of alkyl halides is 3. The number of hydrogen-bond acceptors (Lipinski definition) is 1. The third kappa shape index (κ3) is 5.28. The molecular formula is C16H14Cl4N3O+. The van der Waals surface area contributed by atoms with Crippen molar-refractivity contribution in [3.05, 3.63) is 70.7 Å². The van der Waals surface area contributed by atoms with Crippen molar-refractivity contribution in [2.24, 2.45) is 5.73 Å². The molecule has 0 aliphatic rings. The fourth-order valence-corrected chi connectivity index (χ4v) is 2.33. The fraction of sp³-hybridized carbons (Fsp3) is 0.125. The molecule has 0 saturated heterocycles. The van der Waals surface area contributed by atoms with Gasteiger partial charge in [-0.15, -0.1) is 0 Å². The highest BCUT2D eigenvalue weighted by Crippen LogP contribution is 2.27. The number of halogens is 4. The average Bonchev–Trinajstić information content (AvgIpc) is 2.54. The van der Waals surface area contributed by atoms with Gasteiger partial charge in [0.1, 0.15) is 0 Å². The van der Waals surface area contributed by atoms with Crippen LogP contribution in [-0.2, 0) is 0 Å². The van der Waals surface area contributed by atoms with E-state index in [-0.39, 0.29) is 5.84 Å². The number of nitrogens with one attached hydrogen (secondary N) is 2. The molecule has 0 saturated carbocycles. The smallest absolute Gasteiger partial charge is 0.274 e. The first-order chi connectivity index (χ1) is 11.3. The van der Waals surface area contributed by atoms with Crippen molar-refractivity contribution in [1.82, 2.24) is 5.32 Å². The van der Waals surface area contributed by atoms with Crippen molar-refractivity contribution < 1.29 is 9.79 Å². The predicted octanol–water partition coefficient (Wildman–Crippen LogP) is 2.25. The summed E-state index contributed by atoms with van der Waals surface area (Å²) in [5, 5.41) is 3.12. The molecule has 8 heteroatoms. The summed E-state index contributed by atoms with van der Waals surface area (Å²) in [7, 11) is 0. The summed E-state index contributed by atoms with van der Waals surface area (Å²) < 4.78 is -1.82. The van der Waals surface area contributed by atoms with Crippen LogP contribution in [0, 0.1) is 0 Å². The number of rotatable bonds is 4. The molecule has 126 valence electrons. The van der Waals surface area contributed by atoms with Crippen LogP contribution < -0.4 is 16.0 Å². The number of hydrogen-bond donors (Lipinski definition) is 3. The highest BCUT2D eigenvalue weighted by atomic mass is 35.6. The highest BCUT2D eigenvalue weighted by Gasteiger charge is 2.36. The summed E-state index contributed by atoms with van der Waals surface area (Å²) in [5.41, 5.74) is 7.07. The molecule has 0 fully saturated rings. The SMILES string of the molecule is NC(=[NH+][C@H](NC(=O)c1ccc(Cl)cc1)C(Cl)(Cl)Cl)c1ccccc1. The second-order valence-electron chi connectivity index (χ2n) is 4.88. The third-order valence-electron chi connectivity index (χ3n) is 3.09. The van der Waals surface area contributed by atoms with Crippen LogP contribution in [-0.4, -0.2) is 21.7 Å². The van der Waals surface area contributed by atoms with Gasteiger partial charge < -0.3 is 5.32 Å². The Bertz CT molecular complexity index is 727. The normalized spacial score (nSPS) is 13.4. The topological polar surface area (TPSA) is 69.1 Å². The highest BCUT2D eigenvalue weighted by molar-refractivity contribution is 6.68. The molecule has 2 aromatic rings. The van der Waals surface area contributed by atoms with E-state index >= 15 is 0 Å². The Kier molecular flexibility index (Phi) is 6.35. The fourth-order valence-electron chi connectivity index (χ4n) is 1.87. The number of amides is 1. The quantitative estimate of drug-likeness (QED) is 0.316. The number of nitrogens with two attached hydrogens (primary N) is 1. The largest absolute Gasteiger partial charge is 0.310 e. The van der Waals surface area contributed by atoms with Crippen LogP contribution in [0.1, 0.15) is 15.9 Å². The van der Waals surface area contributed by atoms with E-state index in [1.165, 1.54) is 0 Å². The molecule has 0 radical (unpaired) electrons. The van der Waals surface area contributed by atoms with Crippen LogP contribution in [0.25, 0.3) is 0 Å². The van der Waals surface area contributed by atoms with E-state index in [0.29, 0.717) is 16.1 Å². The molecular weight excluding hydrogens is 392 g/mol. The number of nitrogen functional groups attached to an aromatic ring is 1. The Morgan fingerprint density at radius 1 is 1.00 bits per heavy atom. The molecule has 24 heavy (non-hydrogen) atoms. The van der Waals surface area contributed by atoms with Crippen LogP contribution >= 0.6 is 46.4 Å². The van der Waals surface area contributed by atoms with E-state index in [1.54, 1.807) is 36.4 Å². The Morgan fingerprint density at radius 2 is 1.58 bits per heavy atom. The standard InChI is InChI=1S/C16H13Cl4N3O/c17-12-8-6-11(7-9-12)14(24)23-15(16(18,19)20)22-13(21)10-4-2-1-3-5-10/h1-9,15H,(H2,21,22)(H,23,24)/p+1/t15-/m1/s1. The van der Waals surface area contributed by atoms with Crippen molar-refractivity contribution in [1.29, 1.82) is 0 Å². The summed E-state index contributed by atoms with van der Waals surface area (Å²) in [6.45, 7) is 0. The van der Waals surface area contributed by atoms with Gasteiger partial charge in [-0.2, -0.15) is 0 Å². The molecule has 1 atom stereocenters. The van der Waals surface area contributed by atoms with E-state index in [4.69, 9.17) is 52.1 Å². The van der Waals surface area contributed by atoms with Gasteiger partial charge in [0.25, 0.3) is 11.7 Å². The molecule has 4 N–H and O–H groups in total. The summed E-state index contributed by atoms with van der Waals surface area (Å²) in [4.78, 5) is 15.1. The predicted molar refractivity (Wildman–Crippen MR) is 98.7 cm³/mol. The zero-order valence-electron chi connectivity index (χ0n) is 12.3. The first kappa shape index (κ1) is 18.9. The summed E-state index contributed by atoms with van der Waals surface area (Å²) in [6.07, 6.45) is -1.04. The number of carbonyl (C=O) groups excluding carboxylic acids is 1.